The Morgan fingerprint density at radius 1 is 1.41 bits per heavy atom. The third kappa shape index (κ3) is 5.85. The van der Waals surface area contributed by atoms with Crippen molar-refractivity contribution in [1.82, 2.24) is 15.2 Å². The fraction of sp³-hybridized carbons (Fsp3) is 0.467. The Morgan fingerprint density at radius 2 is 2.23 bits per heavy atom. The lowest BCUT2D eigenvalue weighted by atomic mass is 10.3. The van der Waals surface area contributed by atoms with Crippen molar-refractivity contribution in [3.63, 3.8) is 0 Å². The Hall–Kier alpha value is -0.670. The third-order valence-corrected chi connectivity index (χ3v) is 4.87. The summed E-state index contributed by atoms with van der Waals surface area (Å²) in [7, 11) is 2.07. The first-order valence-electron chi connectivity index (χ1n) is 7.17. The van der Waals surface area contributed by atoms with Gasteiger partial charge in [0.05, 0.1) is 6.54 Å². The SMILES string of the molecule is CCNC(=NCc1ncc(CC)s1)N(C)Cc1ccsc1.I. The summed E-state index contributed by atoms with van der Waals surface area (Å²) in [5.41, 5.74) is 1.32. The highest BCUT2D eigenvalue weighted by atomic mass is 127. The van der Waals surface area contributed by atoms with E-state index < -0.39 is 0 Å². The quantitative estimate of drug-likeness (QED) is 0.411. The normalized spacial score (nSPS) is 11.1. The van der Waals surface area contributed by atoms with Crippen LogP contribution in [0.2, 0.25) is 0 Å². The van der Waals surface area contributed by atoms with Gasteiger partial charge in [0.25, 0.3) is 0 Å². The van der Waals surface area contributed by atoms with Crippen LogP contribution >= 0.6 is 46.7 Å². The molecule has 1 N–H and O–H groups in total. The average molecular weight is 450 g/mol. The number of thiazole rings is 1. The fourth-order valence-corrected chi connectivity index (χ4v) is 3.37. The molecular formula is C15H23IN4S2. The van der Waals surface area contributed by atoms with E-state index in [2.05, 4.69) is 52.9 Å². The minimum absolute atomic E-state index is 0. The predicted molar refractivity (Wildman–Crippen MR) is 108 cm³/mol. The average Bonchev–Trinajstić information content (AvgIpc) is 3.14. The van der Waals surface area contributed by atoms with Crippen LogP contribution in [0.4, 0.5) is 0 Å². The van der Waals surface area contributed by atoms with Gasteiger partial charge in [0.1, 0.15) is 5.01 Å². The Morgan fingerprint density at radius 3 is 2.82 bits per heavy atom. The van der Waals surface area contributed by atoms with Crippen LogP contribution in [0.5, 0.6) is 0 Å². The number of nitrogens with one attached hydrogen (secondary N) is 1. The Kier molecular flexibility index (Phi) is 8.96. The molecule has 0 fully saturated rings. The molecule has 122 valence electrons. The molecule has 0 spiro atoms. The number of aromatic nitrogens is 1. The monoisotopic (exact) mass is 450 g/mol. The summed E-state index contributed by atoms with van der Waals surface area (Å²) in [6, 6.07) is 2.15. The summed E-state index contributed by atoms with van der Waals surface area (Å²) in [5.74, 6) is 0.928. The number of guanidine groups is 1. The Bertz CT molecular complexity index is 566. The maximum absolute atomic E-state index is 4.69. The third-order valence-electron chi connectivity index (χ3n) is 3.01. The molecule has 0 aromatic carbocycles. The molecule has 7 heteroatoms. The lowest BCUT2D eigenvalue weighted by Crippen LogP contribution is -2.38. The summed E-state index contributed by atoms with van der Waals surface area (Å²) in [5, 5.41) is 8.70. The molecule has 0 bridgehead atoms. The number of nitrogens with zero attached hydrogens (tertiary/aromatic N) is 3. The number of aryl methyl sites for hydroxylation is 1. The minimum atomic E-state index is 0. The number of thiophene rings is 1. The van der Waals surface area contributed by atoms with E-state index >= 15 is 0 Å². The van der Waals surface area contributed by atoms with E-state index in [-0.39, 0.29) is 24.0 Å². The Labute approximate surface area is 157 Å². The molecule has 0 aliphatic carbocycles. The molecule has 2 aromatic heterocycles. The van der Waals surface area contributed by atoms with Gasteiger partial charge in [-0.05, 0) is 35.7 Å². The molecule has 0 unspecified atom stereocenters. The maximum atomic E-state index is 4.69. The molecule has 0 atom stereocenters. The lowest BCUT2D eigenvalue weighted by Gasteiger charge is -2.21. The van der Waals surface area contributed by atoms with Crippen LogP contribution in [0.25, 0.3) is 0 Å². The van der Waals surface area contributed by atoms with E-state index in [1.54, 1.807) is 22.7 Å². The molecule has 2 rings (SSSR count). The standard InChI is InChI=1S/C15H22N4S2.HI/c1-4-13-8-17-14(21-13)9-18-15(16-5-2)19(3)10-12-6-7-20-11-12;/h6-8,11H,4-5,9-10H2,1-3H3,(H,16,18);1H. The molecule has 2 heterocycles. The Balaban J connectivity index is 0.00000242. The van der Waals surface area contributed by atoms with E-state index in [4.69, 9.17) is 4.99 Å². The van der Waals surface area contributed by atoms with Crippen molar-refractivity contribution in [2.75, 3.05) is 13.6 Å². The van der Waals surface area contributed by atoms with Crippen LogP contribution in [-0.4, -0.2) is 29.4 Å². The molecule has 0 amide bonds. The number of aliphatic imine (C=N–C) groups is 1. The van der Waals surface area contributed by atoms with Gasteiger partial charge in [-0.2, -0.15) is 11.3 Å². The zero-order chi connectivity index (χ0) is 15.1. The predicted octanol–water partition coefficient (Wildman–Crippen LogP) is 3.98. The summed E-state index contributed by atoms with van der Waals surface area (Å²) < 4.78 is 0. The highest BCUT2D eigenvalue weighted by Crippen LogP contribution is 2.14. The number of hydrogen-bond donors (Lipinski definition) is 1. The van der Waals surface area contributed by atoms with Gasteiger partial charge in [-0.1, -0.05) is 6.92 Å². The molecule has 2 aromatic rings. The first-order valence-corrected chi connectivity index (χ1v) is 8.93. The van der Waals surface area contributed by atoms with E-state index in [0.29, 0.717) is 6.54 Å². The highest BCUT2D eigenvalue weighted by molar-refractivity contribution is 14.0. The highest BCUT2D eigenvalue weighted by Gasteiger charge is 2.07. The van der Waals surface area contributed by atoms with Crippen molar-refractivity contribution in [2.45, 2.75) is 33.4 Å². The molecule has 0 aliphatic heterocycles. The van der Waals surface area contributed by atoms with Gasteiger partial charge in [-0.3, -0.25) is 0 Å². The zero-order valence-electron chi connectivity index (χ0n) is 13.2. The van der Waals surface area contributed by atoms with Crippen LogP contribution in [0.1, 0.15) is 29.3 Å². The lowest BCUT2D eigenvalue weighted by molar-refractivity contribution is 0.477. The zero-order valence-corrected chi connectivity index (χ0v) is 17.2. The summed E-state index contributed by atoms with van der Waals surface area (Å²) in [6.45, 7) is 6.62. The molecule has 4 nitrogen and oxygen atoms in total. The first-order chi connectivity index (χ1) is 10.2. The molecular weight excluding hydrogens is 427 g/mol. The van der Waals surface area contributed by atoms with Crippen molar-refractivity contribution in [3.8, 4) is 0 Å². The second kappa shape index (κ2) is 10.2. The molecule has 0 saturated carbocycles. The van der Waals surface area contributed by atoms with Crippen molar-refractivity contribution < 1.29 is 0 Å². The largest absolute Gasteiger partial charge is 0.357 e. The second-order valence-corrected chi connectivity index (χ2v) is 6.71. The number of halogens is 1. The summed E-state index contributed by atoms with van der Waals surface area (Å²) in [6.07, 6.45) is 3.00. The van der Waals surface area contributed by atoms with E-state index in [1.165, 1.54) is 10.4 Å². The van der Waals surface area contributed by atoms with E-state index in [9.17, 15) is 0 Å². The number of rotatable bonds is 6. The molecule has 0 saturated heterocycles. The molecule has 0 radical (unpaired) electrons. The van der Waals surface area contributed by atoms with Gasteiger partial charge in [-0.15, -0.1) is 35.3 Å². The van der Waals surface area contributed by atoms with Crippen LogP contribution in [-0.2, 0) is 19.5 Å². The van der Waals surface area contributed by atoms with Gasteiger partial charge in [0, 0.05) is 31.2 Å². The van der Waals surface area contributed by atoms with Crippen LogP contribution in [0.3, 0.4) is 0 Å². The second-order valence-electron chi connectivity index (χ2n) is 4.73. The van der Waals surface area contributed by atoms with Crippen molar-refractivity contribution in [1.29, 1.82) is 0 Å². The first kappa shape index (κ1) is 19.4. The number of hydrogen-bond acceptors (Lipinski definition) is 4. The van der Waals surface area contributed by atoms with Gasteiger partial charge < -0.3 is 10.2 Å². The van der Waals surface area contributed by atoms with Crippen LogP contribution < -0.4 is 5.32 Å². The van der Waals surface area contributed by atoms with Crippen molar-refractivity contribution >= 4 is 52.6 Å². The molecule has 22 heavy (non-hydrogen) atoms. The van der Waals surface area contributed by atoms with Gasteiger partial charge in [0.15, 0.2) is 5.96 Å². The van der Waals surface area contributed by atoms with Gasteiger partial charge in [0.2, 0.25) is 0 Å². The molecule has 0 aliphatic rings. The summed E-state index contributed by atoms with van der Waals surface area (Å²) >= 11 is 3.47. The van der Waals surface area contributed by atoms with Crippen LogP contribution in [0, 0.1) is 0 Å². The smallest absolute Gasteiger partial charge is 0.194 e. The van der Waals surface area contributed by atoms with Crippen molar-refractivity contribution in [2.24, 2.45) is 4.99 Å². The topological polar surface area (TPSA) is 40.5 Å². The van der Waals surface area contributed by atoms with E-state index in [1.807, 2.05) is 6.20 Å². The maximum Gasteiger partial charge on any atom is 0.194 e. The van der Waals surface area contributed by atoms with Crippen molar-refractivity contribution in [3.05, 3.63) is 38.5 Å². The minimum Gasteiger partial charge on any atom is -0.357 e. The van der Waals surface area contributed by atoms with E-state index in [0.717, 1.165) is 30.5 Å². The fourth-order valence-electron chi connectivity index (χ4n) is 1.93. The summed E-state index contributed by atoms with van der Waals surface area (Å²) in [4.78, 5) is 12.6. The van der Waals surface area contributed by atoms with Gasteiger partial charge >= 0.3 is 0 Å². The van der Waals surface area contributed by atoms with Crippen LogP contribution in [0.15, 0.2) is 28.0 Å². The van der Waals surface area contributed by atoms with Gasteiger partial charge in [-0.25, -0.2) is 9.98 Å².